The van der Waals surface area contributed by atoms with Gasteiger partial charge in [-0.1, -0.05) is 17.7 Å². The van der Waals surface area contributed by atoms with Crippen molar-refractivity contribution in [2.75, 3.05) is 6.61 Å². The number of hydrogen-bond acceptors (Lipinski definition) is 1. The minimum atomic E-state index is 0.533. The Balaban J connectivity index is 2.18. The molecule has 0 aliphatic carbocycles. The van der Waals surface area contributed by atoms with Crippen LogP contribution in [0, 0.1) is 0 Å². The van der Waals surface area contributed by atoms with E-state index in [9.17, 15) is 0 Å². The van der Waals surface area contributed by atoms with Crippen molar-refractivity contribution in [3.05, 3.63) is 24.3 Å². The molecule has 0 spiro atoms. The third-order valence-electron chi connectivity index (χ3n) is 1.97. The maximum absolute atomic E-state index is 5.15. The Hall–Kier alpha value is -0.560. The van der Waals surface area contributed by atoms with Crippen LogP contribution in [0.25, 0.3) is 0 Å². The monoisotopic (exact) mass is 152 g/mol. The van der Waals surface area contributed by atoms with Crippen LogP contribution in [0.3, 0.4) is 0 Å². The number of epoxide rings is 1. The summed E-state index contributed by atoms with van der Waals surface area (Å²) in [4.78, 5) is 0. The summed E-state index contributed by atoms with van der Waals surface area (Å²) < 4.78 is 5.15. The van der Waals surface area contributed by atoms with Gasteiger partial charge < -0.3 is 4.74 Å². The summed E-state index contributed by atoms with van der Waals surface area (Å²) in [5, 5.41) is 0. The van der Waals surface area contributed by atoms with Crippen LogP contribution >= 0.6 is 0 Å². The zero-order chi connectivity index (χ0) is 8.10. The Morgan fingerprint density at radius 1 is 1.73 bits per heavy atom. The highest BCUT2D eigenvalue weighted by Gasteiger charge is 2.22. The molecule has 11 heavy (non-hydrogen) atoms. The Bertz CT molecular complexity index is 154. The van der Waals surface area contributed by atoms with Crippen LogP contribution in [0.5, 0.6) is 0 Å². The molecule has 0 aromatic heterocycles. The molecule has 1 rings (SSSR count). The van der Waals surface area contributed by atoms with Gasteiger partial charge in [-0.25, -0.2) is 0 Å². The van der Waals surface area contributed by atoms with E-state index in [4.69, 9.17) is 4.74 Å². The second-order valence-electron chi connectivity index (χ2n) is 2.93. The van der Waals surface area contributed by atoms with E-state index in [0.717, 1.165) is 25.9 Å². The van der Waals surface area contributed by atoms with Crippen molar-refractivity contribution in [1.29, 1.82) is 0 Å². The maximum Gasteiger partial charge on any atom is 0.0846 e. The van der Waals surface area contributed by atoms with Gasteiger partial charge in [-0.05, 0) is 26.2 Å². The lowest BCUT2D eigenvalue weighted by Gasteiger charge is -2.01. The zero-order valence-electron chi connectivity index (χ0n) is 7.18. The summed E-state index contributed by atoms with van der Waals surface area (Å²) in [6.07, 6.45) is 8.07. The smallest absolute Gasteiger partial charge is 0.0846 e. The van der Waals surface area contributed by atoms with Gasteiger partial charge in [0.25, 0.3) is 0 Å². The summed E-state index contributed by atoms with van der Waals surface area (Å²) in [5.74, 6) is 0. The minimum Gasteiger partial charge on any atom is -0.373 e. The molecular weight excluding hydrogens is 136 g/mol. The van der Waals surface area contributed by atoms with Gasteiger partial charge >= 0.3 is 0 Å². The van der Waals surface area contributed by atoms with Crippen molar-refractivity contribution >= 4 is 0 Å². The quantitative estimate of drug-likeness (QED) is 0.436. The number of hydrogen-bond donors (Lipinski definition) is 0. The number of allylic oxidation sites excluding steroid dienone is 2. The van der Waals surface area contributed by atoms with E-state index in [1.54, 1.807) is 0 Å². The first-order chi connectivity index (χ1) is 5.36. The molecule has 0 amide bonds. The molecule has 62 valence electrons. The maximum atomic E-state index is 5.15. The number of ether oxygens (including phenoxy) is 1. The van der Waals surface area contributed by atoms with Crippen LogP contribution in [-0.2, 0) is 4.74 Å². The topological polar surface area (TPSA) is 12.5 Å². The molecule has 0 aromatic rings. The summed E-state index contributed by atoms with van der Waals surface area (Å²) in [7, 11) is 0. The second kappa shape index (κ2) is 4.35. The summed E-state index contributed by atoms with van der Waals surface area (Å²) in [6.45, 7) is 6.76. The van der Waals surface area contributed by atoms with Crippen LogP contribution < -0.4 is 0 Å². The zero-order valence-corrected chi connectivity index (χ0v) is 7.18. The molecule has 0 aromatic carbocycles. The van der Waals surface area contributed by atoms with Crippen LogP contribution in [0.2, 0.25) is 0 Å². The van der Waals surface area contributed by atoms with E-state index >= 15 is 0 Å². The largest absolute Gasteiger partial charge is 0.373 e. The molecule has 0 N–H and O–H groups in total. The highest BCUT2D eigenvalue weighted by atomic mass is 16.6. The molecule has 1 unspecified atom stereocenters. The highest BCUT2D eigenvalue weighted by molar-refractivity contribution is 5.04. The van der Waals surface area contributed by atoms with E-state index in [-0.39, 0.29) is 0 Å². The molecule has 1 aliphatic rings. The van der Waals surface area contributed by atoms with Gasteiger partial charge in [0.15, 0.2) is 0 Å². The fourth-order valence-corrected chi connectivity index (χ4v) is 1.13. The Morgan fingerprint density at radius 2 is 2.45 bits per heavy atom. The third-order valence-corrected chi connectivity index (χ3v) is 1.97. The normalized spacial score (nSPS) is 23.4. The molecular formula is C10H16O. The molecule has 1 heteroatoms. The standard InChI is InChI=1S/C10H16O/c1-3-5-6-9(4-2)7-10-8-11-10/h3-4,10H,1,5-8H2,2H3/b9-4+. The van der Waals surface area contributed by atoms with Crippen LogP contribution in [0.1, 0.15) is 26.2 Å². The van der Waals surface area contributed by atoms with Gasteiger partial charge in [0.05, 0.1) is 12.7 Å². The predicted octanol–water partition coefficient (Wildman–Crippen LogP) is 2.69. The highest BCUT2D eigenvalue weighted by Crippen LogP contribution is 2.21. The van der Waals surface area contributed by atoms with Crippen molar-refractivity contribution < 1.29 is 4.74 Å². The molecule has 1 nitrogen and oxygen atoms in total. The molecule has 1 atom stereocenters. The van der Waals surface area contributed by atoms with E-state index in [2.05, 4.69) is 19.6 Å². The fraction of sp³-hybridized carbons (Fsp3) is 0.600. The lowest BCUT2D eigenvalue weighted by molar-refractivity contribution is 0.405. The van der Waals surface area contributed by atoms with E-state index in [1.807, 2.05) is 6.08 Å². The first-order valence-corrected chi connectivity index (χ1v) is 4.23. The van der Waals surface area contributed by atoms with Crippen molar-refractivity contribution in [2.24, 2.45) is 0 Å². The SMILES string of the molecule is C=CCC/C(=C\C)CC1CO1. The van der Waals surface area contributed by atoms with E-state index < -0.39 is 0 Å². The molecule has 1 fully saturated rings. The van der Waals surface area contributed by atoms with Gasteiger partial charge in [0.2, 0.25) is 0 Å². The summed E-state index contributed by atoms with van der Waals surface area (Å²) >= 11 is 0. The van der Waals surface area contributed by atoms with Crippen LogP contribution in [-0.4, -0.2) is 12.7 Å². The van der Waals surface area contributed by atoms with Crippen molar-refractivity contribution in [2.45, 2.75) is 32.3 Å². The molecule has 1 heterocycles. The first-order valence-electron chi connectivity index (χ1n) is 4.23. The summed E-state index contributed by atoms with van der Waals surface area (Å²) in [6, 6.07) is 0. The average molecular weight is 152 g/mol. The van der Waals surface area contributed by atoms with Crippen molar-refractivity contribution in [3.63, 3.8) is 0 Å². The Morgan fingerprint density at radius 3 is 2.91 bits per heavy atom. The molecule has 1 aliphatic heterocycles. The lowest BCUT2D eigenvalue weighted by atomic mass is 10.1. The first kappa shape index (κ1) is 8.54. The average Bonchev–Trinajstić information content (AvgIpc) is 2.81. The molecule has 0 radical (unpaired) electrons. The van der Waals surface area contributed by atoms with Crippen molar-refractivity contribution in [1.82, 2.24) is 0 Å². The predicted molar refractivity (Wildman–Crippen MR) is 47.5 cm³/mol. The fourth-order valence-electron chi connectivity index (χ4n) is 1.13. The van der Waals surface area contributed by atoms with E-state index in [1.165, 1.54) is 5.57 Å². The van der Waals surface area contributed by atoms with Gasteiger partial charge in [-0.2, -0.15) is 0 Å². The Labute approximate surface area is 68.8 Å². The van der Waals surface area contributed by atoms with Gasteiger partial charge in [-0.15, -0.1) is 6.58 Å². The van der Waals surface area contributed by atoms with Crippen molar-refractivity contribution in [3.8, 4) is 0 Å². The third kappa shape index (κ3) is 3.38. The Kier molecular flexibility index (Phi) is 3.37. The molecule has 0 saturated carbocycles. The van der Waals surface area contributed by atoms with E-state index in [0.29, 0.717) is 6.10 Å². The van der Waals surface area contributed by atoms with Gasteiger partial charge in [0.1, 0.15) is 0 Å². The summed E-state index contributed by atoms with van der Waals surface area (Å²) in [5.41, 5.74) is 1.51. The second-order valence-corrected chi connectivity index (χ2v) is 2.93. The number of rotatable bonds is 5. The molecule has 1 saturated heterocycles. The molecule has 0 bridgehead atoms. The van der Waals surface area contributed by atoms with Gasteiger partial charge in [0, 0.05) is 0 Å². The van der Waals surface area contributed by atoms with Crippen LogP contribution in [0.4, 0.5) is 0 Å². The lowest BCUT2D eigenvalue weighted by Crippen LogP contribution is -1.89. The van der Waals surface area contributed by atoms with Crippen LogP contribution in [0.15, 0.2) is 24.3 Å². The minimum absolute atomic E-state index is 0.533. The van der Waals surface area contributed by atoms with Gasteiger partial charge in [-0.3, -0.25) is 0 Å².